The van der Waals surface area contributed by atoms with Gasteiger partial charge in [-0.05, 0) is 45.3 Å². The van der Waals surface area contributed by atoms with Crippen LogP contribution in [0.15, 0.2) is 23.0 Å². The van der Waals surface area contributed by atoms with Crippen molar-refractivity contribution in [1.29, 1.82) is 0 Å². The van der Waals surface area contributed by atoms with E-state index in [1.165, 1.54) is 0 Å². The number of benzene rings is 1. The third-order valence-electron chi connectivity index (χ3n) is 6.44. The van der Waals surface area contributed by atoms with Gasteiger partial charge in [0, 0.05) is 33.2 Å². The summed E-state index contributed by atoms with van der Waals surface area (Å²) in [5, 5.41) is 0. The van der Waals surface area contributed by atoms with E-state index in [2.05, 4.69) is 4.90 Å². The molecule has 1 aromatic carbocycles. The second kappa shape index (κ2) is 7.02. The standard InChI is InChI=1S/C20H30BN3O4/c1-19(2)20(3,4)28-21(27-19)15-6-7-16-17(14-15)22(5)18(25)24(16)9-8-23-10-12-26-13-11-23/h6-7,14H,8-13H2,1-5H3. The van der Waals surface area contributed by atoms with E-state index < -0.39 is 7.12 Å². The van der Waals surface area contributed by atoms with E-state index >= 15 is 0 Å². The summed E-state index contributed by atoms with van der Waals surface area (Å²) < 4.78 is 21.3. The molecule has 7 nitrogen and oxygen atoms in total. The SMILES string of the molecule is Cn1c(=O)n(CCN2CCOCC2)c2ccc(B3OC(C)(C)C(C)(C)O3)cc21. The Morgan fingerprint density at radius 2 is 1.64 bits per heavy atom. The van der Waals surface area contributed by atoms with Gasteiger partial charge in [0.1, 0.15) is 0 Å². The quantitative estimate of drug-likeness (QED) is 0.732. The Kier molecular flexibility index (Phi) is 4.94. The lowest BCUT2D eigenvalue weighted by atomic mass is 9.79. The fourth-order valence-corrected chi connectivity index (χ4v) is 3.83. The average molecular weight is 387 g/mol. The first-order chi connectivity index (χ1) is 13.2. The first-order valence-electron chi connectivity index (χ1n) is 10.0. The lowest BCUT2D eigenvalue weighted by molar-refractivity contribution is 0.00578. The van der Waals surface area contributed by atoms with E-state index in [1.807, 2.05) is 57.5 Å². The predicted molar refractivity (Wildman–Crippen MR) is 110 cm³/mol. The first-order valence-corrected chi connectivity index (χ1v) is 10.0. The summed E-state index contributed by atoms with van der Waals surface area (Å²) in [5.41, 5.74) is 2.02. The number of aromatic nitrogens is 2. The Hall–Kier alpha value is -1.61. The van der Waals surface area contributed by atoms with Crippen LogP contribution >= 0.6 is 0 Å². The Bertz CT molecular complexity index is 911. The van der Waals surface area contributed by atoms with Gasteiger partial charge >= 0.3 is 12.8 Å². The van der Waals surface area contributed by atoms with E-state index in [-0.39, 0.29) is 16.9 Å². The number of hydrogen-bond acceptors (Lipinski definition) is 5. The van der Waals surface area contributed by atoms with Gasteiger partial charge < -0.3 is 14.0 Å². The van der Waals surface area contributed by atoms with Crippen molar-refractivity contribution in [3.05, 3.63) is 28.7 Å². The summed E-state index contributed by atoms with van der Waals surface area (Å²) in [6, 6.07) is 6.04. The fraction of sp³-hybridized carbons (Fsp3) is 0.650. The van der Waals surface area contributed by atoms with Gasteiger partial charge in [-0.3, -0.25) is 14.0 Å². The van der Waals surface area contributed by atoms with Crippen LogP contribution in [-0.2, 0) is 27.6 Å². The molecule has 2 aliphatic rings. The molecular weight excluding hydrogens is 357 g/mol. The number of fused-ring (bicyclic) bond motifs is 1. The molecule has 0 spiro atoms. The van der Waals surface area contributed by atoms with Crippen molar-refractivity contribution in [2.75, 3.05) is 32.8 Å². The Morgan fingerprint density at radius 1 is 1.00 bits per heavy atom. The molecule has 2 aromatic rings. The van der Waals surface area contributed by atoms with Crippen molar-refractivity contribution in [1.82, 2.24) is 14.0 Å². The minimum absolute atomic E-state index is 0.00864. The Balaban J connectivity index is 1.60. The maximum absolute atomic E-state index is 12.8. The van der Waals surface area contributed by atoms with E-state index in [0.717, 1.165) is 49.3 Å². The number of imidazole rings is 1. The van der Waals surface area contributed by atoms with Crippen LogP contribution in [0.25, 0.3) is 11.0 Å². The molecule has 0 radical (unpaired) electrons. The first kappa shape index (κ1) is 19.7. The van der Waals surface area contributed by atoms with Gasteiger partial charge in [-0.15, -0.1) is 0 Å². The van der Waals surface area contributed by atoms with Crippen LogP contribution in [0.3, 0.4) is 0 Å². The van der Waals surface area contributed by atoms with Crippen molar-refractivity contribution < 1.29 is 14.0 Å². The van der Waals surface area contributed by atoms with Crippen LogP contribution in [-0.4, -0.2) is 65.2 Å². The molecule has 152 valence electrons. The second-order valence-corrected chi connectivity index (χ2v) is 8.78. The van der Waals surface area contributed by atoms with Crippen LogP contribution in [0.1, 0.15) is 27.7 Å². The molecule has 2 aliphatic heterocycles. The van der Waals surface area contributed by atoms with Crippen LogP contribution < -0.4 is 11.2 Å². The van der Waals surface area contributed by atoms with Crippen molar-refractivity contribution in [2.45, 2.75) is 45.4 Å². The molecular formula is C20H30BN3O4. The highest BCUT2D eigenvalue weighted by Crippen LogP contribution is 2.36. The third kappa shape index (κ3) is 3.32. The second-order valence-electron chi connectivity index (χ2n) is 8.78. The highest BCUT2D eigenvalue weighted by molar-refractivity contribution is 6.62. The van der Waals surface area contributed by atoms with Gasteiger partial charge in [0.2, 0.25) is 0 Å². The molecule has 8 heteroatoms. The predicted octanol–water partition coefficient (Wildman–Crippen LogP) is 0.971. The lowest BCUT2D eigenvalue weighted by Crippen LogP contribution is -2.41. The summed E-state index contributed by atoms with van der Waals surface area (Å²) in [6.07, 6.45) is 0. The maximum Gasteiger partial charge on any atom is 0.494 e. The summed E-state index contributed by atoms with van der Waals surface area (Å²) in [6.45, 7) is 13.1. The van der Waals surface area contributed by atoms with Crippen LogP contribution in [0.2, 0.25) is 0 Å². The highest BCUT2D eigenvalue weighted by Gasteiger charge is 2.51. The van der Waals surface area contributed by atoms with Gasteiger partial charge in [0.25, 0.3) is 0 Å². The lowest BCUT2D eigenvalue weighted by Gasteiger charge is -2.32. The largest absolute Gasteiger partial charge is 0.494 e. The minimum Gasteiger partial charge on any atom is -0.399 e. The Labute approximate surface area is 166 Å². The van der Waals surface area contributed by atoms with E-state index in [0.29, 0.717) is 6.54 Å². The zero-order valence-corrected chi connectivity index (χ0v) is 17.5. The van der Waals surface area contributed by atoms with Crippen LogP contribution in [0.5, 0.6) is 0 Å². The number of morpholine rings is 1. The third-order valence-corrected chi connectivity index (χ3v) is 6.44. The normalized spacial score (nSPS) is 22.2. The Morgan fingerprint density at radius 3 is 2.29 bits per heavy atom. The van der Waals surface area contributed by atoms with Gasteiger partial charge in [0.15, 0.2) is 0 Å². The summed E-state index contributed by atoms with van der Waals surface area (Å²) >= 11 is 0. The molecule has 4 rings (SSSR count). The van der Waals surface area contributed by atoms with Crippen LogP contribution in [0, 0.1) is 0 Å². The summed E-state index contributed by atoms with van der Waals surface area (Å²) in [4.78, 5) is 15.2. The number of aryl methyl sites for hydroxylation is 1. The van der Waals surface area contributed by atoms with Gasteiger partial charge in [-0.25, -0.2) is 4.79 Å². The molecule has 0 bridgehead atoms. The number of rotatable bonds is 4. The molecule has 0 unspecified atom stereocenters. The van der Waals surface area contributed by atoms with Gasteiger partial charge in [0.05, 0.1) is 35.4 Å². The monoisotopic (exact) mass is 387 g/mol. The van der Waals surface area contributed by atoms with E-state index in [4.69, 9.17) is 14.0 Å². The molecule has 2 saturated heterocycles. The fourth-order valence-electron chi connectivity index (χ4n) is 3.83. The summed E-state index contributed by atoms with van der Waals surface area (Å²) in [5.74, 6) is 0. The molecule has 3 heterocycles. The molecule has 0 N–H and O–H groups in total. The maximum atomic E-state index is 12.8. The highest BCUT2D eigenvalue weighted by atomic mass is 16.7. The topological polar surface area (TPSA) is 57.9 Å². The van der Waals surface area contributed by atoms with Crippen molar-refractivity contribution in [3.8, 4) is 0 Å². The van der Waals surface area contributed by atoms with E-state index in [9.17, 15) is 4.79 Å². The molecule has 28 heavy (non-hydrogen) atoms. The number of ether oxygens (including phenoxy) is 1. The summed E-state index contributed by atoms with van der Waals surface area (Å²) in [7, 11) is 1.39. The molecule has 0 aliphatic carbocycles. The van der Waals surface area contributed by atoms with Gasteiger partial charge in [-0.1, -0.05) is 6.07 Å². The van der Waals surface area contributed by atoms with Crippen molar-refractivity contribution in [2.24, 2.45) is 7.05 Å². The van der Waals surface area contributed by atoms with Crippen molar-refractivity contribution >= 4 is 23.6 Å². The molecule has 0 saturated carbocycles. The number of hydrogen-bond donors (Lipinski definition) is 0. The van der Waals surface area contributed by atoms with Gasteiger partial charge in [-0.2, -0.15) is 0 Å². The molecule has 0 atom stereocenters. The minimum atomic E-state index is -0.429. The molecule has 2 fully saturated rings. The van der Waals surface area contributed by atoms with Crippen molar-refractivity contribution in [3.63, 3.8) is 0 Å². The zero-order chi connectivity index (χ0) is 20.1. The average Bonchev–Trinajstić information content (AvgIpc) is 3.03. The smallest absolute Gasteiger partial charge is 0.399 e. The van der Waals surface area contributed by atoms with E-state index in [1.54, 1.807) is 4.57 Å². The number of nitrogens with zero attached hydrogens (tertiary/aromatic N) is 3. The molecule has 0 amide bonds. The van der Waals surface area contributed by atoms with Crippen LogP contribution in [0.4, 0.5) is 0 Å². The molecule has 1 aromatic heterocycles. The zero-order valence-electron chi connectivity index (χ0n) is 17.5.